The molecule has 4 nitrogen and oxygen atoms in total. The molecule has 0 unspecified atom stereocenters. The number of carbonyl (C=O) groups excluding carboxylic acids is 2. The molecule has 0 bridgehead atoms. The number of carbonyl (C=O) groups is 2. The summed E-state index contributed by atoms with van der Waals surface area (Å²) < 4.78 is 0. The molecule has 22 heavy (non-hydrogen) atoms. The van der Waals surface area contributed by atoms with E-state index in [9.17, 15) is 9.59 Å². The molecule has 0 fully saturated rings. The molecule has 0 radical (unpaired) electrons. The molecule has 0 spiro atoms. The second kappa shape index (κ2) is 7.54. The number of hydrogen-bond acceptors (Lipinski definition) is 3. The van der Waals surface area contributed by atoms with E-state index in [1.54, 1.807) is 0 Å². The number of Topliss-reactive ketones (excluding diaryl/α,β-unsaturated/α-hetero) is 1. The van der Waals surface area contributed by atoms with Crippen LogP contribution in [0, 0.1) is 5.92 Å². The fourth-order valence-electron chi connectivity index (χ4n) is 2.87. The van der Waals surface area contributed by atoms with Crippen molar-refractivity contribution in [2.75, 3.05) is 25.0 Å². The van der Waals surface area contributed by atoms with E-state index >= 15 is 0 Å². The first kappa shape index (κ1) is 16.7. The van der Waals surface area contributed by atoms with Gasteiger partial charge in [-0.2, -0.15) is 0 Å². The number of anilines is 1. The zero-order valence-electron chi connectivity index (χ0n) is 13.8. The topological polar surface area (TPSA) is 49.4 Å². The van der Waals surface area contributed by atoms with Gasteiger partial charge in [-0.25, -0.2) is 0 Å². The van der Waals surface area contributed by atoms with Crippen molar-refractivity contribution in [2.24, 2.45) is 5.92 Å². The van der Waals surface area contributed by atoms with Crippen molar-refractivity contribution in [1.82, 2.24) is 5.32 Å². The molecule has 4 heteroatoms. The van der Waals surface area contributed by atoms with Crippen LogP contribution in [-0.4, -0.2) is 31.8 Å². The van der Waals surface area contributed by atoms with Crippen LogP contribution in [0.1, 0.15) is 49.0 Å². The van der Waals surface area contributed by atoms with Crippen molar-refractivity contribution < 1.29 is 9.59 Å². The smallest absolute Gasteiger partial charge is 0.227 e. The van der Waals surface area contributed by atoms with Crippen LogP contribution in [0.2, 0.25) is 0 Å². The highest BCUT2D eigenvalue weighted by molar-refractivity contribution is 5.99. The molecule has 1 amide bonds. The number of hydrogen-bond donors (Lipinski definition) is 1. The van der Waals surface area contributed by atoms with Crippen LogP contribution in [0.25, 0.3) is 0 Å². The lowest BCUT2D eigenvalue weighted by molar-refractivity contribution is -0.119. The molecule has 1 heterocycles. The Morgan fingerprint density at radius 1 is 1.32 bits per heavy atom. The monoisotopic (exact) mass is 302 g/mol. The van der Waals surface area contributed by atoms with Gasteiger partial charge in [-0.3, -0.25) is 9.59 Å². The average Bonchev–Trinajstić information content (AvgIpc) is 2.50. The van der Waals surface area contributed by atoms with Gasteiger partial charge in [0.05, 0.1) is 0 Å². The Bertz CT molecular complexity index is 552. The molecule has 1 aliphatic rings. The van der Waals surface area contributed by atoms with Gasteiger partial charge in [-0.1, -0.05) is 13.8 Å². The molecule has 0 saturated carbocycles. The number of nitrogens with one attached hydrogen (secondary N) is 1. The van der Waals surface area contributed by atoms with Crippen molar-refractivity contribution in [3.05, 3.63) is 29.3 Å². The van der Waals surface area contributed by atoms with Crippen LogP contribution in [0.4, 0.5) is 5.69 Å². The van der Waals surface area contributed by atoms with Gasteiger partial charge in [0.1, 0.15) is 0 Å². The van der Waals surface area contributed by atoms with E-state index in [4.69, 9.17) is 0 Å². The Labute approximate surface area is 132 Å². The molecule has 1 aliphatic heterocycles. The van der Waals surface area contributed by atoms with Crippen molar-refractivity contribution >= 4 is 17.4 Å². The summed E-state index contributed by atoms with van der Waals surface area (Å²) in [5.74, 6) is 0.702. The maximum absolute atomic E-state index is 12.4. The number of nitrogens with zero attached hydrogens (tertiary/aromatic N) is 1. The number of benzene rings is 1. The first-order valence-electron chi connectivity index (χ1n) is 8.14. The highest BCUT2D eigenvalue weighted by Gasteiger charge is 2.23. The zero-order chi connectivity index (χ0) is 16.1. The van der Waals surface area contributed by atoms with Crippen LogP contribution < -0.4 is 10.2 Å². The summed E-state index contributed by atoms with van der Waals surface area (Å²) in [5.41, 5.74) is 2.87. The third kappa shape index (κ3) is 3.95. The highest BCUT2D eigenvalue weighted by Crippen LogP contribution is 2.29. The van der Waals surface area contributed by atoms with Gasteiger partial charge >= 0.3 is 0 Å². The standard InChI is InChI=1S/C18H26N2O2/c1-13(2)11-18(22)20-10-4-5-14-12-15(6-7-16(14)20)17(21)8-9-19-3/h6-7,12-13,19H,4-5,8-11H2,1-3H3. The molecule has 2 rings (SSSR count). The van der Waals surface area contributed by atoms with Crippen LogP contribution in [0.15, 0.2) is 18.2 Å². The van der Waals surface area contributed by atoms with Crippen molar-refractivity contribution in [1.29, 1.82) is 0 Å². The summed E-state index contributed by atoms with van der Waals surface area (Å²) in [6.07, 6.45) is 2.98. The number of fused-ring (bicyclic) bond motifs is 1. The van der Waals surface area contributed by atoms with Gasteiger partial charge in [0.15, 0.2) is 5.78 Å². The van der Waals surface area contributed by atoms with Gasteiger partial charge < -0.3 is 10.2 Å². The predicted octanol–water partition coefficient (Wildman–Crippen LogP) is 2.80. The molecule has 0 saturated heterocycles. The third-order valence-electron chi connectivity index (χ3n) is 4.01. The highest BCUT2D eigenvalue weighted by atomic mass is 16.2. The molecule has 1 aromatic carbocycles. The number of rotatable bonds is 6. The largest absolute Gasteiger partial charge is 0.319 e. The molecule has 1 aromatic rings. The van der Waals surface area contributed by atoms with Crippen LogP contribution in [0.5, 0.6) is 0 Å². The Balaban J connectivity index is 2.19. The minimum Gasteiger partial charge on any atom is -0.319 e. The zero-order valence-corrected chi connectivity index (χ0v) is 13.8. The van der Waals surface area contributed by atoms with Crippen molar-refractivity contribution in [2.45, 2.75) is 39.5 Å². The summed E-state index contributed by atoms with van der Waals surface area (Å²) >= 11 is 0. The Morgan fingerprint density at radius 2 is 2.09 bits per heavy atom. The van der Waals surface area contributed by atoms with Gasteiger partial charge in [-0.15, -0.1) is 0 Å². The van der Waals surface area contributed by atoms with Crippen LogP contribution in [0.3, 0.4) is 0 Å². The Hall–Kier alpha value is -1.68. The van der Waals surface area contributed by atoms with E-state index in [-0.39, 0.29) is 11.7 Å². The SMILES string of the molecule is CNCCC(=O)c1ccc2c(c1)CCCN2C(=O)CC(C)C. The molecular formula is C18H26N2O2. The molecule has 0 aliphatic carbocycles. The Morgan fingerprint density at radius 3 is 2.77 bits per heavy atom. The summed E-state index contributed by atoms with van der Waals surface area (Å²) in [6, 6.07) is 5.78. The van der Waals surface area contributed by atoms with Gasteiger partial charge in [0.25, 0.3) is 0 Å². The number of ketones is 1. The maximum atomic E-state index is 12.4. The molecular weight excluding hydrogens is 276 g/mol. The van der Waals surface area contributed by atoms with E-state index in [2.05, 4.69) is 19.2 Å². The summed E-state index contributed by atoms with van der Waals surface area (Å²) in [5, 5.41) is 3.00. The summed E-state index contributed by atoms with van der Waals surface area (Å²) in [7, 11) is 1.85. The molecule has 0 aromatic heterocycles. The second-order valence-corrected chi connectivity index (χ2v) is 6.37. The lowest BCUT2D eigenvalue weighted by atomic mass is 9.96. The molecule has 120 valence electrons. The van der Waals surface area contributed by atoms with Crippen molar-refractivity contribution in [3.63, 3.8) is 0 Å². The van der Waals surface area contributed by atoms with E-state index in [0.717, 1.165) is 36.2 Å². The lowest BCUT2D eigenvalue weighted by Crippen LogP contribution is -2.36. The van der Waals surface area contributed by atoms with Crippen molar-refractivity contribution in [3.8, 4) is 0 Å². The normalized spacial score (nSPS) is 14.1. The van der Waals surface area contributed by atoms with E-state index in [1.165, 1.54) is 0 Å². The summed E-state index contributed by atoms with van der Waals surface area (Å²) in [6.45, 7) is 5.60. The maximum Gasteiger partial charge on any atom is 0.227 e. The predicted molar refractivity (Wildman–Crippen MR) is 89.4 cm³/mol. The summed E-state index contributed by atoms with van der Waals surface area (Å²) in [4.78, 5) is 26.4. The van der Waals surface area contributed by atoms with Crippen LogP contribution in [-0.2, 0) is 11.2 Å². The van der Waals surface area contributed by atoms with Gasteiger partial charge in [0, 0.05) is 37.2 Å². The average molecular weight is 302 g/mol. The van der Waals surface area contributed by atoms with E-state index < -0.39 is 0 Å². The minimum absolute atomic E-state index is 0.155. The number of aryl methyl sites for hydroxylation is 1. The minimum atomic E-state index is 0.155. The quantitative estimate of drug-likeness (QED) is 0.822. The number of amides is 1. The fraction of sp³-hybridized carbons (Fsp3) is 0.556. The van der Waals surface area contributed by atoms with Gasteiger partial charge in [-0.05, 0) is 49.6 Å². The Kier molecular flexibility index (Phi) is 5.72. The van der Waals surface area contributed by atoms with E-state index in [1.807, 2.05) is 30.1 Å². The van der Waals surface area contributed by atoms with Gasteiger partial charge in [0.2, 0.25) is 5.91 Å². The fourth-order valence-corrected chi connectivity index (χ4v) is 2.87. The first-order valence-corrected chi connectivity index (χ1v) is 8.14. The first-order chi connectivity index (χ1) is 10.5. The third-order valence-corrected chi connectivity index (χ3v) is 4.01. The molecule has 0 atom stereocenters. The lowest BCUT2D eigenvalue weighted by Gasteiger charge is -2.30. The van der Waals surface area contributed by atoms with Crippen LogP contribution >= 0.6 is 0 Å². The molecule has 1 N–H and O–H groups in total. The second-order valence-electron chi connectivity index (χ2n) is 6.37. The van der Waals surface area contributed by atoms with E-state index in [0.29, 0.717) is 25.3 Å².